The van der Waals surface area contributed by atoms with E-state index in [1.165, 1.54) is 5.56 Å². The molecule has 23 heavy (non-hydrogen) atoms. The van der Waals surface area contributed by atoms with Crippen molar-refractivity contribution >= 4 is 17.3 Å². The minimum atomic E-state index is -0.265. The molecule has 1 unspecified atom stereocenters. The number of hydrogen-bond donors (Lipinski definition) is 4. The van der Waals surface area contributed by atoms with Crippen molar-refractivity contribution in [3.63, 3.8) is 0 Å². The van der Waals surface area contributed by atoms with E-state index >= 15 is 0 Å². The molecule has 3 rings (SSSR count). The van der Waals surface area contributed by atoms with Crippen molar-refractivity contribution in [2.45, 2.75) is 45.4 Å². The molecule has 1 aromatic rings. The van der Waals surface area contributed by atoms with E-state index in [1.54, 1.807) is 0 Å². The SMILES string of the molecule is CCCCOC(=O)C1Cc2ccc(NC3NCCN3)c(C)c2N1. The van der Waals surface area contributed by atoms with Crippen LogP contribution in [0.15, 0.2) is 12.1 Å². The van der Waals surface area contributed by atoms with Crippen molar-refractivity contribution in [3.8, 4) is 0 Å². The smallest absolute Gasteiger partial charge is 0.328 e. The molecule has 1 fully saturated rings. The van der Waals surface area contributed by atoms with Crippen molar-refractivity contribution in [1.29, 1.82) is 0 Å². The third-order valence-electron chi connectivity index (χ3n) is 4.44. The van der Waals surface area contributed by atoms with Crippen molar-refractivity contribution in [1.82, 2.24) is 10.6 Å². The molecule has 126 valence electrons. The summed E-state index contributed by atoms with van der Waals surface area (Å²) >= 11 is 0. The summed E-state index contributed by atoms with van der Waals surface area (Å²) in [6, 6.07) is 3.91. The summed E-state index contributed by atoms with van der Waals surface area (Å²) in [5, 5.41) is 13.5. The Balaban J connectivity index is 1.65. The zero-order chi connectivity index (χ0) is 16.2. The first-order valence-electron chi connectivity index (χ1n) is 8.48. The lowest BCUT2D eigenvalue weighted by atomic mass is 10.1. The normalized spacial score (nSPS) is 20.2. The van der Waals surface area contributed by atoms with Gasteiger partial charge in [0.2, 0.25) is 0 Å². The summed E-state index contributed by atoms with van der Waals surface area (Å²) in [4.78, 5) is 12.1. The van der Waals surface area contributed by atoms with Crippen molar-refractivity contribution in [3.05, 3.63) is 23.3 Å². The fourth-order valence-electron chi connectivity index (χ4n) is 3.06. The maximum Gasteiger partial charge on any atom is 0.328 e. The highest BCUT2D eigenvalue weighted by Gasteiger charge is 2.30. The second-order valence-corrected chi connectivity index (χ2v) is 6.18. The molecule has 0 radical (unpaired) electrons. The van der Waals surface area contributed by atoms with Gasteiger partial charge in [-0.1, -0.05) is 19.4 Å². The predicted octanol–water partition coefficient (Wildman–Crippen LogP) is 1.56. The van der Waals surface area contributed by atoms with Gasteiger partial charge in [0.05, 0.1) is 6.61 Å². The van der Waals surface area contributed by atoms with Gasteiger partial charge in [-0.25, -0.2) is 4.79 Å². The first kappa shape index (κ1) is 16.1. The second kappa shape index (κ2) is 7.19. The van der Waals surface area contributed by atoms with Gasteiger partial charge >= 0.3 is 5.97 Å². The Hall–Kier alpha value is -1.79. The van der Waals surface area contributed by atoms with Crippen LogP contribution in [0.25, 0.3) is 0 Å². The Bertz CT molecular complexity index is 570. The monoisotopic (exact) mass is 318 g/mol. The van der Waals surface area contributed by atoms with Crippen LogP contribution in [-0.2, 0) is 16.0 Å². The van der Waals surface area contributed by atoms with E-state index in [4.69, 9.17) is 4.74 Å². The number of carbonyl (C=O) groups excluding carboxylic acids is 1. The van der Waals surface area contributed by atoms with E-state index in [2.05, 4.69) is 47.2 Å². The molecule has 0 spiro atoms. The van der Waals surface area contributed by atoms with Crippen LogP contribution in [0.3, 0.4) is 0 Å². The summed E-state index contributed by atoms with van der Waals surface area (Å²) in [7, 11) is 0. The fraction of sp³-hybridized carbons (Fsp3) is 0.588. The first-order chi connectivity index (χ1) is 11.2. The number of carbonyl (C=O) groups is 1. The minimum absolute atomic E-state index is 0.1000. The molecule has 1 saturated heterocycles. The molecule has 0 bridgehead atoms. The lowest BCUT2D eigenvalue weighted by molar-refractivity contribution is -0.144. The van der Waals surface area contributed by atoms with Gasteiger partial charge in [-0.2, -0.15) is 0 Å². The van der Waals surface area contributed by atoms with Crippen LogP contribution in [0.5, 0.6) is 0 Å². The first-order valence-corrected chi connectivity index (χ1v) is 8.48. The highest BCUT2D eigenvalue weighted by atomic mass is 16.5. The quantitative estimate of drug-likeness (QED) is 0.471. The number of unbranched alkanes of at least 4 members (excludes halogenated alkanes) is 1. The van der Waals surface area contributed by atoms with Gasteiger partial charge < -0.3 is 15.4 Å². The van der Waals surface area contributed by atoms with Crippen molar-refractivity contribution in [2.75, 3.05) is 30.3 Å². The molecule has 1 atom stereocenters. The molecule has 0 saturated carbocycles. The molecule has 1 aromatic carbocycles. The number of fused-ring (bicyclic) bond motifs is 1. The van der Waals surface area contributed by atoms with Gasteiger partial charge in [0.25, 0.3) is 0 Å². The van der Waals surface area contributed by atoms with Crippen LogP contribution in [0.2, 0.25) is 0 Å². The topological polar surface area (TPSA) is 74.4 Å². The standard InChI is InChI=1S/C17H26N4O2/c1-3-4-9-23-16(22)14-10-12-5-6-13(11(2)15(12)20-14)21-17-18-7-8-19-17/h5-6,14,17-21H,3-4,7-10H2,1-2H3. The van der Waals surface area contributed by atoms with Gasteiger partial charge in [-0.05, 0) is 30.5 Å². The van der Waals surface area contributed by atoms with Crippen LogP contribution in [0.1, 0.15) is 30.9 Å². The number of esters is 1. The van der Waals surface area contributed by atoms with Crippen LogP contribution in [0.4, 0.5) is 11.4 Å². The summed E-state index contributed by atoms with van der Waals surface area (Å²) in [5.41, 5.74) is 4.45. The second-order valence-electron chi connectivity index (χ2n) is 6.18. The Kier molecular flexibility index (Phi) is 5.03. The van der Waals surface area contributed by atoms with E-state index in [-0.39, 0.29) is 18.3 Å². The number of nitrogens with one attached hydrogen (secondary N) is 4. The summed E-state index contributed by atoms with van der Waals surface area (Å²) in [6.07, 6.45) is 2.74. The number of ether oxygens (including phenoxy) is 1. The number of anilines is 2. The van der Waals surface area contributed by atoms with E-state index in [1.807, 2.05) is 0 Å². The van der Waals surface area contributed by atoms with Gasteiger partial charge in [0, 0.05) is 30.9 Å². The molecular formula is C17H26N4O2. The average Bonchev–Trinajstić information content (AvgIpc) is 3.20. The zero-order valence-corrected chi connectivity index (χ0v) is 13.9. The number of benzene rings is 1. The average molecular weight is 318 g/mol. The molecular weight excluding hydrogens is 292 g/mol. The molecule has 0 amide bonds. The molecule has 2 aliphatic rings. The molecule has 2 aliphatic heterocycles. The molecule has 0 aromatic heterocycles. The van der Waals surface area contributed by atoms with Gasteiger partial charge in [0.15, 0.2) is 0 Å². The summed E-state index contributed by atoms with van der Waals surface area (Å²) in [6.45, 7) is 6.60. The van der Waals surface area contributed by atoms with E-state index < -0.39 is 0 Å². The molecule has 4 N–H and O–H groups in total. The van der Waals surface area contributed by atoms with Gasteiger partial charge in [-0.15, -0.1) is 0 Å². The summed E-state index contributed by atoms with van der Waals surface area (Å²) < 4.78 is 5.34. The molecule has 6 heteroatoms. The largest absolute Gasteiger partial charge is 0.464 e. The Morgan fingerprint density at radius 1 is 1.35 bits per heavy atom. The predicted molar refractivity (Wildman–Crippen MR) is 91.6 cm³/mol. The van der Waals surface area contributed by atoms with Gasteiger partial charge in [0.1, 0.15) is 12.3 Å². The highest BCUT2D eigenvalue weighted by Crippen LogP contribution is 2.34. The highest BCUT2D eigenvalue weighted by molar-refractivity contribution is 5.85. The lowest BCUT2D eigenvalue weighted by Crippen LogP contribution is -2.39. The molecule has 6 nitrogen and oxygen atoms in total. The minimum Gasteiger partial charge on any atom is -0.464 e. The van der Waals surface area contributed by atoms with E-state index in [9.17, 15) is 4.79 Å². The number of hydrogen-bond acceptors (Lipinski definition) is 6. The van der Waals surface area contributed by atoms with Crippen LogP contribution < -0.4 is 21.3 Å². The Morgan fingerprint density at radius 2 is 2.13 bits per heavy atom. The van der Waals surface area contributed by atoms with Crippen LogP contribution in [-0.4, -0.2) is 38.0 Å². The van der Waals surface area contributed by atoms with Crippen molar-refractivity contribution in [2.24, 2.45) is 0 Å². The Morgan fingerprint density at radius 3 is 2.87 bits per heavy atom. The molecule has 0 aliphatic carbocycles. The Labute approximate surface area is 137 Å². The summed E-state index contributed by atoms with van der Waals surface area (Å²) in [5.74, 6) is -0.150. The van der Waals surface area contributed by atoms with Crippen LogP contribution >= 0.6 is 0 Å². The molecule has 2 heterocycles. The van der Waals surface area contributed by atoms with E-state index in [0.29, 0.717) is 13.0 Å². The lowest BCUT2D eigenvalue weighted by Gasteiger charge is -2.18. The maximum atomic E-state index is 12.1. The zero-order valence-electron chi connectivity index (χ0n) is 13.9. The van der Waals surface area contributed by atoms with E-state index in [0.717, 1.165) is 42.9 Å². The van der Waals surface area contributed by atoms with Crippen molar-refractivity contribution < 1.29 is 9.53 Å². The third-order valence-corrected chi connectivity index (χ3v) is 4.44. The number of rotatable bonds is 6. The van der Waals surface area contributed by atoms with Gasteiger partial charge in [-0.3, -0.25) is 10.6 Å². The fourth-order valence-corrected chi connectivity index (χ4v) is 3.06. The van der Waals surface area contributed by atoms with Crippen LogP contribution in [0, 0.1) is 6.92 Å². The maximum absolute atomic E-state index is 12.1. The third kappa shape index (κ3) is 3.59.